The summed E-state index contributed by atoms with van der Waals surface area (Å²) in [5, 5.41) is 11.3. The summed E-state index contributed by atoms with van der Waals surface area (Å²) in [5.41, 5.74) is -0.638. The lowest BCUT2D eigenvalue weighted by Crippen LogP contribution is -2.48. The van der Waals surface area contributed by atoms with Crippen molar-refractivity contribution in [3.05, 3.63) is 0 Å². The summed E-state index contributed by atoms with van der Waals surface area (Å²) < 4.78 is 10.8. The van der Waals surface area contributed by atoms with Crippen molar-refractivity contribution in [3.8, 4) is 0 Å². The van der Waals surface area contributed by atoms with E-state index in [0.29, 0.717) is 12.8 Å². The van der Waals surface area contributed by atoms with Gasteiger partial charge in [-0.1, -0.05) is 6.92 Å². The van der Waals surface area contributed by atoms with Crippen LogP contribution in [0.25, 0.3) is 0 Å². The van der Waals surface area contributed by atoms with Gasteiger partial charge in [0.05, 0.1) is 11.3 Å². The van der Waals surface area contributed by atoms with Crippen LogP contribution in [0.15, 0.2) is 0 Å². The zero-order valence-corrected chi connectivity index (χ0v) is 12.3. The molecule has 21 heavy (non-hydrogen) atoms. The van der Waals surface area contributed by atoms with Gasteiger partial charge in [-0.05, 0) is 26.7 Å². The summed E-state index contributed by atoms with van der Waals surface area (Å²) in [4.78, 5) is 35.4. The first-order valence-electron chi connectivity index (χ1n) is 7.40. The molecule has 3 rings (SSSR count). The third kappa shape index (κ3) is 1.88. The van der Waals surface area contributed by atoms with Crippen LogP contribution < -0.4 is 5.11 Å². The molecule has 6 heteroatoms. The van der Waals surface area contributed by atoms with Crippen molar-refractivity contribution in [2.45, 2.75) is 45.8 Å². The second-order valence-electron chi connectivity index (χ2n) is 6.94. The molecule has 116 valence electrons. The molecular formula is C15H19O6-. The van der Waals surface area contributed by atoms with Crippen LogP contribution in [-0.4, -0.2) is 30.1 Å². The van der Waals surface area contributed by atoms with Gasteiger partial charge in [0.15, 0.2) is 0 Å². The first-order chi connectivity index (χ1) is 9.77. The lowest BCUT2D eigenvalue weighted by Gasteiger charge is -2.33. The molecule has 0 radical (unpaired) electrons. The highest BCUT2D eigenvalue weighted by atomic mass is 16.6. The monoisotopic (exact) mass is 295 g/mol. The molecule has 1 aliphatic heterocycles. The first-order valence-corrected chi connectivity index (χ1v) is 7.40. The Morgan fingerprint density at radius 1 is 1.38 bits per heavy atom. The Labute approximate surface area is 122 Å². The van der Waals surface area contributed by atoms with Crippen molar-refractivity contribution in [1.82, 2.24) is 0 Å². The van der Waals surface area contributed by atoms with E-state index in [0.717, 1.165) is 0 Å². The molecule has 3 aliphatic rings. The molecular weight excluding hydrogens is 276 g/mol. The molecule has 6 atom stereocenters. The van der Waals surface area contributed by atoms with E-state index >= 15 is 0 Å². The molecule has 0 aromatic carbocycles. The lowest BCUT2D eigenvalue weighted by atomic mass is 9.78. The second-order valence-corrected chi connectivity index (χ2v) is 6.94. The maximum absolute atomic E-state index is 12.2. The van der Waals surface area contributed by atoms with Crippen molar-refractivity contribution in [2.24, 2.45) is 29.1 Å². The van der Waals surface area contributed by atoms with Crippen LogP contribution in [-0.2, 0) is 23.9 Å². The number of carbonyl (C=O) groups is 3. The van der Waals surface area contributed by atoms with Gasteiger partial charge in [-0.15, -0.1) is 0 Å². The van der Waals surface area contributed by atoms with Crippen LogP contribution in [0.2, 0.25) is 0 Å². The Morgan fingerprint density at radius 2 is 2.05 bits per heavy atom. The number of ether oxygens (including phenoxy) is 2. The molecule has 1 saturated heterocycles. The number of carboxylic acids is 1. The number of carbonyl (C=O) groups excluding carboxylic acids is 3. The van der Waals surface area contributed by atoms with Gasteiger partial charge in [0.25, 0.3) is 0 Å². The number of aliphatic carboxylic acids is 1. The average molecular weight is 295 g/mol. The number of hydrogen-bond donors (Lipinski definition) is 0. The summed E-state index contributed by atoms with van der Waals surface area (Å²) in [6, 6.07) is 0. The van der Waals surface area contributed by atoms with E-state index in [1.807, 2.05) is 6.92 Å². The van der Waals surface area contributed by atoms with Gasteiger partial charge >= 0.3 is 11.9 Å². The molecule has 2 saturated carbocycles. The number of esters is 2. The molecule has 0 amide bonds. The molecule has 6 unspecified atom stereocenters. The van der Waals surface area contributed by atoms with Gasteiger partial charge in [0, 0.05) is 23.7 Å². The van der Waals surface area contributed by atoms with Crippen LogP contribution in [0.4, 0.5) is 0 Å². The standard InChI is InChI=1S/C15H20O6/c1-4-15(2,3)14(19)21-11-6-5-7-9(8(6)12(16)17)13(18)20-10(7)11/h6-11H,4-5H2,1-3H3,(H,16,17)/p-1. The average Bonchev–Trinajstić information content (AvgIpc) is 3.01. The summed E-state index contributed by atoms with van der Waals surface area (Å²) in [7, 11) is 0. The molecule has 0 spiro atoms. The van der Waals surface area contributed by atoms with Crippen molar-refractivity contribution < 1.29 is 29.0 Å². The quantitative estimate of drug-likeness (QED) is 0.672. The van der Waals surface area contributed by atoms with Crippen LogP contribution in [0.5, 0.6) is 0 Å². The third-order valence-corrected chi connectivity index (χ3v) is 5.50. The molecule has 0 aromatic heterocycles. The number of carboxylic acid groups (broad SMARTS) is 1. The Kier molecular flexibility index (Phi) is 3.04. The number of hydrogen-bond acceptors (Lipinski definition) is 6. The summed E-state index contributed by atoms with van der Waals surface area (Å²) in [6.07, 6.45) is 0.0204. The van der Waals surface area contributed by atoms with Crippen molar-refractivity contribution in [1.29, 1.82) is 0 Å². The minimum Gasteiger partial charge on any atom is -0.550 e. The van der Waals surface area contributed by atoms with Crippen molar-refractivity contribution in [3.63, 3.8) is 0 Å². The minimum atomic E-state index is -1.25. The minimum absolute atomic E-state index is 0.159. The van der Waals surface area contributed by atoms with Crippen LogP contribution in [0, 0.1) is 29.1 Å². The van der Waals surface area contributed by atoms with E-state index in [1.54, 1.807) is 13.8 Å². The first kappa shape index (κ1) is 14.4. The van der Waals surface area contributed by atoms with E-state index < -0.39 is 41.4 Å². The fourth-order valence-electron chi connectivity index (χ4n) is 3.90. The predicted octanol–water partition coefficient (Wildman–Crippen LogP) is -0.108. The van der Waals surface area contributed by atoms with Crippen LogP contribution in [0.3, 0.4) is 0 Å². The lowest BCUT2D eigenvalue weighted by molar-refractivity contribution is -0.315. The predicted molar refractivity (Wildman–Crippen MR) is 67.4 cm³/mol. The Hall–Kier alpha value is -1.59. The second kappa shape index (κ2) is 4.45. The molecule has 2 bridgehead atoms. The highest BCUT2D eigenvalue weighted by Gasteiger charge is 2.68. The van der Waals surface area contributed by atoms with E-state index in [2.05, 4.69) is 0 Å². The number of rotatable bonds is 4. The third-order valence-electron chi connectivity index (χ3n) is 5.50. The molecule has 0 N–H and O–H groups in total. The van der Waals surface area contributed by atoms with Gasteiger partial charge in [-0.3, -0.25) is 9.59 Å². The highest BCUT2D eigenvalue weighted by molar-refractivity contribution is 5.85. The summed E-state index contributed by atoms with van der Waals surface area (Å²) in [6.45, 7) is 5.45. The van der Waals surface area contributed by atoms with E-state index in [-0.39, 0.29) is 17.8 Å². The largest absolute Gasteiger partial charge is 0.550 e. The summed E-state index contributed by atoms with van der Waals surface area (Å²) >= 11 is 0. The van der Waals surface area contributed by atoms with Crippen molar-refractivity contribution >= 4 is 17.9 Å². The van der Waals surface area contributed by atoms with E-state index in [9.17, 15) is 19.5 Å². The van der Waals surface area contributed by atoms with E-state index in [1.165, 1.54) is 0 Å². The normalized spacial score (nSPS) is 40.2. The van der Waals surface area contributed by atoms with Crippen LogP contribution >= 0.6 is 0 Å². The molecule has 3 fully saturated rings. The Morgan fingerprint density at radius 3 is 2.62 bits per heavy atom. The molecule has 1 heterocycles. The molecule has 6 nitrogen and oxygen atoms in total. The highest BCUT2D eigenvalue weighted by Crippen LogP contribution is 2.58. The molecule has 0 aromatic rings. The van der Waals surface area contributed by atoms with Gasteiger partial charge in [-0.25, -0.2) is 0 Å². The zero-order chi connectivity index (χ0) is 15.5. The van der Waals surface area contributed by atoms with Gasteiger partial charge < -0.3 is 19.4 Å². The fraction of sp³-hybridized carbons (Fsp3) is 0.800. The smallest absolute Gasteiger partial charge is 0.311 e. The topological polar surface area (TPSA) is 92.7 Å². The maximum Gasteiger partial charge on any atom is 0.311 e. The Bertz CT molecular complexity index is 510. The van der Waals surface area contributed by atoms with Gasteiger partial charge in [-0.2, -0.15) is 0 Å². The fourth-order valence-corrected chi connectivity index (χ4v) is 3.90. The summed E-state index contributed by atoms with van der Waals surface area (Å²) in [5.74, 6) is -4.18. The van der Waals surface area contributed by atoms with Crippen LogP contribution in [0.1, 0.15) is 33.6 Å². The van der Waals surface area contributed by atoms with Gasteiger partial charge in [0.1, 0.15) is 12.2 Å². The number of fused-ring (bicyclic) bond motifs is 1. The maximum atomic E-state index is 12.2. The Balaban J connectivity index is 1.84. The van der Waals surface area contributed by atoms with Gasteiger partial charge in [0.2, 0.25) is 0 Å². The SMILES string of the molecule is CCC(C)(C)C(=O)OC1C2CC3C1OC(=O)C3C2C(=O)[O-]. The van der Waals surface area contributed by atoms with Crippen molar-refractivity contribution in [2.75, 3.05) is 0 Å². The molecule has 2 aliphatic carbocycles. The zero-order valence-electron chi connectivity index (χ0n) is 12.3. The van der Waals surface area contributed by atoms with E-state index in [4.69, 9.17) is 9.47 Å².